The molecule has 0 aliphatic heterocycles. The van der Waals surface area contributed by atoms with Crippen molar-refractivity contribution in [2.75, 3.05) is 5.32 Å². The van der Waals surface area contributed by atoms with Gasteiger partial charge in [0.2, 0.25) is 0 Å². The molecule has 144 valence electrons. The Balaban J connectivity index is 1.65. The lowest BCUT2D eigenvalue weighted by Gasteiger charge is -2.14. The molecular weight excluding hydrogens is 370 g/mol. The molecule has 0 spiro atoms. The molecule has 1 N–H and O–H groups in total. The van der Waals surface area contributed by atoms with E-state index in [0.29, 0.717) is 22.7 Å². The second-order valence-corrected chi connectivity index (χ2v) is 6.54. The third kappa shape index (κ3) is 3.55. The quantitative estimate of drug-likeness (QED) is 0.304. The Kier molecular flexibility index (Phi) is 4.74. The molecule has 4 aromatic rings. The molecule has 29 heavy (non-hydrogen) atoms. The van der Waals surface area contributed by atoms with E-state index < -0.39 is 4.92 Å². The van der Waals surface area contributed by atoms with Gasteiger partial charge in [-0.05, 0) is 31.2 Å². The van der Waals surface area contributed by atoms with Gasteiger partial charge in [-0.15, -0.1) is 10.2 Å². The van der Waals surface area contributed by atoms with Gasteiger partial charge in [-0.2, -0.15) is 0 Å². The van der Waals surface area contributed by atoms with Crippen molar-refractivity contribution in [3.63, 3.8) is 0 Å². The fourth-order valence-electron chi connectivity index (χ4n) is 3.16. The van der Waals surface area contributed by atoms with Crippen molar-refractivity contribution in [1.29, 1.82) is 0 Å². The summed E-state index contributed by atoms with van der Waals surface area (Å²) in [6.07, 6.45) is 1.83. The topological polar surface area (TPSA) is 102 Å². The summed E-state index contributed by atoms with van der Waals surface area (Å²) < 4.78 is 1.82. The van der Waals surface area contributed by atoms with Crippen LogP contribution in [-0.4, -0.2) is 25.3 Å². The Morgan fingerprint density at radius 3 is 2.55 bits per heavy atom. The number of aromatic nitrogens is 3. The monoisotopic (exact) mass is 387 g/mol. The van der Waals surface area contributed by atoms with Crippen LogP contribution < -0.4 is 5.32 Å². The van der Waals surface area contributed by atoms with Gasteiger partial charge in [0.15, 0.2) is 17.3 Å². The van der Waals surface area contributed by atoms with E-state index in [1.165, 1.54) is 6.07 Å². The Morgan fingerprint density at radius 1 is 1.03 bits per heavy atom. The first-order chi connectivity index (χ1) is 14.0. The van der Waals surface area contributed by atoms with Crippen LogP contribution in [0.4, 0.5) is 11.4 Å². The molecule has 0 amide bonds. The van der Waals surface area contributed by atoms with Gasteiger partial charge >= 0.3 is 0 Å². The third-order valence-electron chi connectivity index (χ3n) is 4.59. The normalized spacial score (nSPS) is 11.9. The van der Waals surface area contributed by atoms with E-state index in [-0.39, 0.29) is 23.1 Å². The van der Waals surface area contributed by atoms with E-state index >= 15 is 0 Å². The van der Waals surface area contributed by atoms with E-state index in [1.54, 1.807) is 36.4 Å². The van der Waals surface area contributed by atoms with E-state index in [0.717, 1.165) is 0 Å². The average Bonchev–Trinajstić information content (AvgIpc) is 3.18. The number of rotatable bonds is 6. The first-order valence-electron chi connectivity index (χ1n) is 8.99. The smallest absolute Gasteiger partial charge is 0.293 e. The maximum atomic E-state index is 12.6. The lowest BCUT2D eigenvalue weighted by molar-refractivity contribution is -0.384. The fraction of sp³-hybridized carbons (Fsp3) is 0.0952. The summed E-state index contributed by atoms with van der Waals surface area (Å²) in [5.41, 5.74) is 1.56. The molecule has 0 aliphatic rings. The Hall–Kier alpha value is -4.07. The molecule has 0 fully saturated rings. The summed E-state index contributed by atoms with van der Waals surface area (Å²) in [5, 5.41) is 23.0. The largest absolute Gasteiger partial charge is 0.370 e. The van der Waals surface area contributed by atoms with Crippen LogP contribution in [0.5, 0.6) is 0 Å². The number of benzene rings is 2. The van der Waals surface area contributed by atoms with Gasteiger partial charge < -0.3 is 5.32 Å². The number of nitrogens with zero attached hydrogens (tertiary/aromatic N) is 4. The Morgan fingerprint density at radius 2 is 1.79 bits per heavy atom. The van der Waals surface area contributed by atoms with Gasteiger partial charge in [0.25, 0.3) is 5.69 Å². The molecule has 2 aromatic carbocycles. The van der Waals surface area contributed by atoms with Gasteiger partial charge in [-0.25, -0.2) is 0 Å². The van der Waals surface area contributed by atoms with Crippen molar-refractivity contribution >= 4 is 22.8 Å². The minimum Gasteiger partial charge on any atom is -0.370 e. The standard InChI is InChI=1S/C21H17N5O3/c1-14(21-24-23-19-9-5-6-12-25(19)21)22-17-11-10-16(13-18(17)26(28)29)20(27)15-7-3-2-4-8-15/h2-14,22H,1H3. The zero-order valence-corrected chi connectivity index (χ0v) is 15.5. The van der Waals surface area contributed by atoms with Crippen molar-refractivity contribution in [2.24, 2.45) is 0 Å². The van der Waals surface area contributed by atoms with Crippen LogP contribution in [0.25, 0.3) is 5.65 Å². The highest BCUT2D eigenvalue weighted by molar-refractivity contribution is 6.09. The van der Waals surface area contributed by atoms with Crippen molar-refractivity contribution < 1.29 is 9.72 Å². The summed E-state index contributed by atoms with van der Waals surface area (Å²) in [7, 11) is 0. The third-order valence-corrected chi connectivity index (χ3v) is 4.59. The predicted molar refractivity (Wildman–Crippen MR) is 108 cm³/mol. The zero-order valence-electron chi connectivity index (χ0n) is 15.5. The average molecular weight is 387 g/mol. The van der Waals surface area contributed by atoms with Gasteiger partial charge in [-0.3, -0.25) is 19.3 Å². The van der Waals surface area contributed by atoms with Crippen LogP contribution in [-0.2, 0) is 0 Å². The fourth-order valence-corrected chi connectivity index (χ4v) is 3.16. The highest BCUT2D eigenvalue weighted by Gasteiger charge is 2.21. The second-order valence-electron chi connectivity index (χ2n) is 6.54. The number of ketones is 1. The SMILES string of the molecule is CC(Nc1ccc(C(=O)c2ccccc2)cc1[N+](=O)[O-])c1nnc2ccccn12. The maximum absolute atomic E-state index is 12.6. The van der Waals surface area contributed by atoms with Crippen LogP contribution in [0.15, 0.2) is 72.9 Å². The van der Waals surface area contributed by atoms with Gasteiger partial charge in [0.05, 0.1) is 11.0 Å². The first-order valence-corrected chi connectivity index (χ1v) is 8.99. The van der Waals surface area contributed by atoms with Crippen LogP contribution in [0.3, 0.4) is 0 Å². The lowest BCUT2D eigenvalue weighted by Crippen LogP contribution is -2.12. The highest BCUT2D eigenvalue weighted by Crippen LogP contribution is 2.30. The molecular formula is C21H17N5O3. The van der Waals surface area contributed by atoms with Crippen molar-refractivity contribution in [3.05, 3.63) is 100.0 Å². The van der Waals surface area contributed by atoms with Crippen molar-refractivity contribution in [2.45, 2.75) is 13.0 Å². The van der Waals surface area contributed by atoms with Crippen LogP contribution in [0, 0.1) is 10.1 Å². The number of carbonyl (C=O) groups is 1. The molecule has 1 atom stereocenters. The number of hydrogen-bond donors (Lipinski definition) is 1. The second kappa shape index (κ2) is 7.51. The molecule has 0 saturated heterocycles. The van der Waals surface area contributed by atoms with Crippen LogP contribution in [0.2, 0.25) is 0 Å². The molecule has 4 rings (SSSR count). The number of fused-ring (bicyclic) bond motifs is 1. The lowest BCUT2D eigenvalue weighted by atomic mass is 10.0. The molecule has 1 unspecified atom stereocenters. The molecule has 2 aromatic heterocycles. The first kappa shape index (κ1) is 18.3. The minimum atomic E-state index is -0.501. The Bertz CT molecular complexity index is 1200. The molecule has 0 radical (unpaired) electrons. The molecule has 0 aliphatic carbocycles. The Labute approximate surface area is 166 Å². The molecule has 8 heteroatoms. The van der Waals surface area contributed by atoms with Crippen molar-refractivity contribution in [3.8, 4) is 0 Å². The summed E-state index contributed by atoms with van der Waals surface area (Å²) >= 11 is 0. The van der Waals surface area contributed by atoms with E-state index in [9.17, 15) is 14.9 Å². The summed E-state index contributed by atoms with van der Waals surface area (Å²) in [6.45, 7) is 1.84. The maximum Gasteiger partial charge on any atom is 0.293 e. The highest BCUT2D eigenvalue weighted by atomic mass is 16.6. The number of nitrogens with one attached hydrogen (secondary N) is 1. The van der Waals surface area contributed by atoms with E-state index in [1.807, 2.05) is 41.8 Å². The summed E-state index contributed by atoms with van der Waals surface area (Å²) in [4.78, 5) is 23.8. The number of pyridine rings is 1. The summed E-state index contributed by atoms with van der Waals surface area (Å²) in [5.74, 6) is 0.357. The van der Waals surface area contributed by atoms with Gasteiger partial charge in [0.1, 0.15) is 5.69 Å². The van der Waals surface area contributed by atoms with Crippen molar-refractivity contribution in [1.82, 2.24) is 14.6 Å². The zero-order chi connectivity index (χ0) is 20.4. The van der Waals surface area contributed by atoms with Crippen LogP contribution >= 0.6 is 0 Å². The minimum absolute atomic E-state index is 0.174. The number of nitro benzene ring substituents is 1. The van der Waals surface area contributed by atoms with E-state index in [4.69, 9.17) is 0 Å². The van der Waals surface area contributed by atoms with Gasteiger partial charge in [-0.1, -0.05) is 36.4 Å². The van der Waals surface area contributed by atoms with Crippen LogP contribution in [0.1, 0.15) is 34.7 Å². The molecule has 8 nitrogen and oxygen atoms in total. The molecule has 0 saturated carbocycles. The predicted octanol–water partition coefficient (Wildman–Crippen LogP) is 4.04. The van der Waals surface area contributed by atoms with Gasteiger partial charge in [0, 0.05) is 23.4 Å². The number of anilines is 1. The van der Waals surface area contributed by atoms with E-state index in [2.05, 4.69) is 15.5 Å². The summed E-state index contributed by atoms with van der Waals surface area (Å²) in [6, 6.07) is 18.3. The number of hydrogen-bond acceptors (Lipinski definition) is 6. The molecule has 2 heterocycles. The number of carbonyl (C=O) groups excluding carboxylic acids is 1. The molecule has 0 bridgehead atoms. The number of nitro groups is 1.